The van der Waals surface area contributed by atoms with E-state index in [0.717, 1.165) is 25.8 Å². The number of benzene rings is 2. The molecule has 0 aliphatic rings. The Morgan fingerprint density at radius 2 is 2.00 bits per heavy atom. The van der Waals surface area contributed by atoms with Crippen LogP contribution in [0, 0.1) is 4.77 Å². The summed E-state index contributed by atoms with van der Waals surface area (Å²) in [5, 5.41) is 11.5. The van der Waals surface area contributed by atoms with Crippen LogP contribution in [0.15, 0.2) is 56.5 Å². The first-order valence-corrected chi connectivity index (χ1v) is 8.90. The first kappa shape index (κ1) is 17.1. The highest BCUT2D eigenvalue weighted by Gasteiger charge is 2.11. The largest absolute Gasteiger partial charge is 0.496 e. The number of nitrogens with one attached hydrogen (secondary N) is 1. The maximum atomic E-state index is 5.28. The number of methoxy groups -OCH3 is 1. The molecule has 0 aliphatic heterocycles. The number of ether oxygens (including phenoxy) is 1. The van der Waals surface area contributed by atoms with Crippen LogP contribution >= 0.6 is 44.1 Å². The number of halogens is 2. The summed E-state index contributed by atoms with van der Waals surface area (Å²) in [5.41, 5.74) is 1.81. The van der Waals surface area contributed by atoms with E-state index in [-0.39, 0.29) is 0 Å². The molecule has 1 N–H and O–H groups in total. The summed E-state index contributed by atoms with van der Waals surface area (Å²) in [5.74, 6) is 1.40. The van der Waals surface area contributed by atoms with Gasteiger partial charge in [0.2, 0.25) is 4.77 Å². The molecule has 5 nitrogen and oxygen atoms in total. The molecule has 0 aliphatic carbocycles. The van der Waals surface area contributed by atoms with Gasteiger partial charge in [0, 0.05) is 10.0 Å². The van der Waals surface area contributed by atoms with E-state index < -0.39 is 0 Å². The molecule has 0 amide bonds. The predicted molar refractivity (Wildman–Crippen MR) is 104 cm³/mol. The van der Waals surface area contributed by atoms with E-state index in [4.69, 9.17) is 17.0 Å². The van der Waals surface area contributed by atoms with Gasteiger partial charge < -0.3 is 4.74 Å². The van der Waals surface area contributed by atoms with Crippen molar-refractivity contribution < 1.29 is 4.74 Å². The van der Waals surface area contributed by atoms with Crippen LogP contribution in [0.1, 0.15) is 5.56 Å². The van der Waals surface area contributed by atoms with Gasteiger partial charge in [-0.1, -0.05) is 28.1 Å². The van der Waals surface area contributed by atoms with E-state index in [2.05, 4.69) is 47.2 Å². The molecule has 3 rings (SSSR count). The molecule has 3 aromatic rings. The van der Waals surface area contributed by atoms with Crippen LogP contribution in [0.4, 0.5) is 0 Å². The lowest BCUT2D eigenvalue weighted by molar-refractivity contribution is 0.412. The van der Waals surface area contributed by atoms with E-state index in [9.17, 15) is 0 Å². The highest BCUT2D eigenvalue weighted by Crippen LogP contribution is 2.27. The second kappa shape index (κ2) is 7.42. The van der Waals surface area contributed by atoms with Crippen molar-refractivity contribution in [3.05, 3.63) is 61.7 Å². The number of aromatic amines is 1. The van der Waals surface area contributed by atoms with Crippen LogP contribution < -0.4 is 4.74 Å². The van der Waals surface area contributed by atoms with E-state index in [1.165, 1.54) is 0 Å². The molecule has 0 unspecified atom stereocenters. The Balaban J connectivity index is 1.99. The lowest BCUT2D eigenvalue weighted by atomic mass is 10.2. The van der Waals surface area contributed by atoms with E-state index in [0.29, 0.717) is 10.6 Å². The number of aromatic nitrogens is 3. The highest BCUT2D eigenvalue weighted by atomic mass is 79.9. The average Bonchev–Trinajstić information content (AvgIpc) is 2.94. The first-order chi connectivity index (χ1) is 11.6. The van der Waals surface area contributed by atoms with Crippen LogP contribution in [0.25, 0.3) is 11.4 Å². The minimum absolute atomic E-state index is 0.421. The average molecular weight is 468 g/mol. The van der Waals surface area contributed by atoms with Crippen molar-refractivity contribution in [3.63, 3.8) is 0 Å². The normalized spacial score (nSPS) is 11.1. The van der Waals surface area contributed by atoms with E-state index in [1.54, 1.807) is 18.0 Å². The molecule has 0 fully saturated rings. The van der Waals surface area contributed by atoms with Crippen LogP contribution in [-0.2, 0) is 0 Å². The number of nitrogens with zero attached hydrogens (tertiary/aromatic N) is 3. The molecule has 0 saturated carbocycles. The molecule has 0 radical (unpaired) electrons. The van der Waals surface area contributed by atoms with Crippen molar-refractivity contribution in [2.45, 2.75) is 0 Å². The van der Waals surface area contributed by atoms with Crippen molar-refractivity contribution >= 4 is 50.3 Å². The van der Waals surface area contributed by atoms with Crippen LogP contribution in [0.5, 0.6) is 5.75 Å². The summed E-state index contributed by atoms with van der Waals surface area (Å²) >= 11 is 12.3. The Kier molecular flexibility index (Phi) is 5.27. The molecule has 24 heavy (non-hydrogen) atoms. The standard InChI is InChI=1S/C16H12Br2N4OS/c1-23-14-7-6-10(8-13(14)18)9-19-22-15(20-21-16(22)24)11-4-2-3-5-12(11)17/h2-9H,1H3,(H,21,24)/b19-9-. The lowest BCUT2D eigenvalue weighted by Gasteiger charge is -2.04. The topological polar surface area (TPSA) is 55.2 Å². The zero-order chi connectivity index (χ0) is 17.1. The Bertz CT molecular complexity index is 965. The van der Waals surface area contributed by atoms with Crippen molar-refractivity contribution in [1.82, 2.24) is 14.9 Å². The van der Waals surface area contributed by atoms with Crippen molar-refractivity contribution in [2.24, 2.45) is 5.10 Å². The molecule has 0 bridgehead atoms. The van der Waals surface area contributed by atoms with Gasteiger partial charge in [0.15, 0.2) is 5.82 Å². The smallest absolute Gasteiger partial charge is 0.216 e. The summed E-state index contributed by atoms with van der Waals surface area (Å²) in [4.78, 5) is 0. The molecule has 122 valence electrons. The zero-order valence-corrected chi connectivity index (χ0v) is 16.5. The minimum Gasteiger partial charge on any atom is -0.496 e. The second-order valence-corrected chi connectivity index (χ2v) is 6.88. The maximum absolute atomic E-state index is 5.28. The van der Waals surface area contributed by atoms with Gasteiger partial charge in [-0.3, -0.25) is 0 Å². The monoisotopic (exact) mass is 466 g/mol. The van der Waals surface area contributed by atoms with Gasteiger partial charge in [0.05, 0.1) is 17.8 Å². The quantitative estimate of drug-likeness (QED) is 0.432. The van der Waals surface area contributed by atoms with Crippen LogP contribution in [-0.4, -0.2) is 28.2 Å². The summed E-state index contributed by atoms with van der Waals surface area (Å²) in [6.07, 6.45) is 1.72. The molecular weight excluding hydrogens is 456 g/mol. The second-order valence-electron chi connectivity index (χ2n) is 4.78. The van der Waals surface area contributed by atoms with E-state index >= 15 is 0 Å². The molecular formula is C16H12Br2N4OS. The third-order valence-electron chi connectivity index (χ3n) is 3.26. The Morgan fingerprint density at radius 3 is 2.71 bits per heavy atom. The van der Waals surface area contributed by atoms with Gasteiger partial charge in [-0.25, -0.2) is 5.10 Å². The Hall–Kier alpha value is -1.77. The Morgan fingerprint density at radius 1 is 1.21 bits per heavy atom. The summed E-state index contributed by atoms with van der Waals surface area (Å²) in [7, 11) is 1.63. The fourth-order valence-corrected chi connectivity index (χ4v) is 3.30. The molecule has 0 spiro atoms. The molecule has 0 saturated heterocycles. The third kappa shape index (κ3) is 3.50. The molecule has 2 aromatic carbocycles. The van der Waals surface area contributed by atoms with Crippen LogP contribution in [0.3, 0.4) is 0 Å². The van der Waals surface area contributed by atoms with Crippen molar-refractivity contribution in [1.29, 1.82) is 0 Å². The summed E-state index contributed by atoms with van der Waals surface area (Å²) in [6.45, 7) is 0. The molecule has 0 atom stereocenters. The van der Waals surface area contributed by atoms with Crippen LogP contribution in [0.2, 0.25) is 0 Å². The summed E-state index contributed by atoms with van der Waals surface area (Å²) < 4.78 is 9.01. The number of rotatable bonds is 4. The van der Waals surface area contributed by atoms with Gasteiger partial charge in [0.25, 0.3) is 0 Å². The fourth-order valence-electron chi connectivity index (χ4n) is 2.10. The van der Waals surface area contributed by atoms with Gasteiger partial charge in [0.1, 0.15) is 5.75 Å². The number of H-pyrrole nitrogens is 1. The SMILES string of the molecule is COc1ccc(/C=N\n2c(-c3ccccc3Br)n[nH]c2=S)cc1Br. The lowest BCUT2D eigenvalue weighted by Crippen LogP contribution is -1.96. The van der Waals surface area contributed by atoms with Gasteiger partial charge in [-0.2, -0.15) is 14.9 Å². The van der Waals surface area contributed by atoms with E-state index in [1.807, 2.05) is 42.5 Å². The van der Waals surface area contributed by atoms with Gasteiger partial charge in [-0.05, 0) is 64.0 Å². The number of hydrogen-bond donors (Lipinski definition) is 1. The maximum Gasteiger partial charge on any atom is 0.216 e. The minimum atomic E-state index is 0.421. The molecule has 1 aromatic heterocycles. The first-order valence-electron chi connectivity index (χ1n) is 6.90. The van der Waals surface area contributed by atoms with Crippen molar-refractivity contribution in [2.75, 3.05) is 7.11 Å². The van der Waals surface area contributed by atoms with Crippen molar-refractivity contribution in [3.8, 4) is 17.1 Å². The fraction of sp³-hybridized carbons (Fsp3) is 0.0625. The third-order valence-corrected chi connectivity index (χ3v) is 4.84. The summed E-state index contributed by atoms with van der Waals surface area (Å²) in [6, 6.07) is 13.5. The zero-order valence-electron chi connectivity index (χ0n) is 12.5. The Labute approximate surface area is 160 Å². The predicted octanol–water partition coefficient (Wildman–Crippen LogP) is 5.02. The van der Waals surface area contributed by atoms with Gasteiger partial charge in [-0.15, -0.1) is 0 Å². The van der Waals surface area contributed by atoms with Gasteiger partial charge >= 0.3 is 0 Å². The molecule has 8 heteroatoms. The highest BCUT2D eigenvalue weighted by molar-refractivity contribution is 9.11. The molecule has 1 heterocycles. The number of hydrogen-bond acceptors (Lipinski definition) is 4.